The summed E-state index contributed by atoms with van der Waals surface area (Å²) in [6.07, 6.45) is 10.5. The molecular formula is C10H21NS. The van der Waals surface area contributed by atoms with Gasteiger partial charge in [-0.3, -0.25) is 0 Å². The number of hydrogen-bond donors (Lipinski definition) is 1. The first-order valence-electron chi connectivity index (χ1n) is 5.15. The summed E-state index contributed by atoms with van der Waals surface area (Å²) < 4.78 is 0. The van der Waals surface area contributed by atoms with Crippen molar-refractivity contribution in [1.82, 2.24) is 5.32 Å². The number of nitrogens with one attached hydrogen (secondary N) is 1. The van der Waals surface area contributed by atoms with Crippen molar-refractivity contribution in [1.29, 1.82) is 0 Å². The molecule has 0 aromatic rings. The van der Waals surface area contributed by atoms with Crippen molar-refractivity contribution in [2.75, 3.05) is 6.26 Å². The molecule has 0 amide bonds. The van der Waals surface area contributed by atoms with Crippen LogP contribution in [0.15, 0.2) is 0 Å². The standard InChI is InChI=1S/C10H21NS/c1-3-4-5-6-9-7-8-10(11-9)12-2/h9-11H,3-8H2,1-2H3. The predicted molar refractivity (Wildman–Crippen MR) is 57.6 cm³/mol. The van der Waals surface area contributed by atoms with Gasteiger partial charge in [-0.15, -0.1) is 11.8 Å². The van der Waals surface area contributed by atoms with Crippen LogP contribution in [0.2, 0.25) is 0 Å². The monoisotopic (exact) mass is 187 g/mol. The van der Waals surface area contributed by atoms with E-state index in [2.05, 4.69) is 18.5 Å². The summed E-state index contributed by atoms with van der Waals surface area (Å²) in [6, 6.07) is 0.828. The van der Waals surface area contributed by atoms with Gasteiger partial charge in [0.15, 0.2) is 0 Å². The molecule has 2 heteroatoms. The lowest BCUT2D eigenvalue weighted by Crippen LogP contribution is -2.26. The Morgan fingerprint density at radius 1 is 1.33 bits per heavy atom. The highest BCUT2D eigenvalue weighted by Gasteiger charge is 2.21. The van der Waals surface area contributed by atoms with Crippen LogP contribution in [0.1, 0.15) is 45.4 Å². The molecule has 0 aliphatic carbocycles. The predicted octanol–water partition coefficient (Wildman–Crippen LogP) is 3.01. The van der Waals surface area contributed by atoms with Gasteiger partial charge in [-0.1, -0.05) is 26.2 Å². The van der Waals surface area contributed by atoms with Gasteiger partial charge in [0.05, 0.1) is 5.37 Å². The lowest BCUT2D eigenvalue weighted by Gasteiger charge is -2.11. The van der Waals surface area contributed by atoms with Crippen molar-refractivity contribution in [2.45, 2.75) is 56.9 Å². The summed E-state index contributed by atoms with van der Waals surface area (Å²) in [5, 5.41) is 4.41. The minimum Gasteiger partial charge on any atom is -0.303 e. The minimum atomic E-state index is 0.747. The normalized spacial score (nSPS) is 29.5. The molecular weight excluding hydrogens is 166 g/mol. The summed E-state index contributed by atoms with van der Waals surface area (Å²) in [7, 11) is 0. The van der Waals surface area contributed by atoms with Crippen molar-refractivity contribution >= 4 is 11.8 Å². The lowest BCUT2D eigenvalue weighted by atomic mass is 10.1. The first-order valence-corrected chi connectivity index (χ1v) is 6.44. The third-order valence-corrected chi connectivity index (χ3v) is 3.58. The van der Waals surface area contributed by atoms with E-state index in [1.54, 1.807) is 0 Å². The molecule has 1 heterocycles. The Morgan fingerprint density at radius 2 is 2.17 bits per heavy atom. The molecule has 0 saturated carbocycles. The highest BCUT2D eigenvalue weighted by Crippen LogP contribution is 2.22. The van der Waals surface area contributed by atoms with E-state index in [4.69, 9.17) is 0 Å². The molecule has 0 spiro atoms. The molecule has 2 unspecified atom stereocenters. The first-order chi connectivity index (χ1) is 5.86. The Morgan fingerprint density at radius 3 is 2.75 bits per heavy atom. The van der Waals surface area contributed by atoms with Crippen molar-refractivity contribution in [3.63, 3.8) is 0 Å². The van der Waals surface area contributed by atoms with Crippen LogP contribution < -0.4 is 5.32 Å². The van der Waals surface area contributed by atoms with Gasteiger partial charge in [0.25, 0.3) is 0 Å². The lowest BCUT2D eigenvalue weighted by molar-refractivity contribution is 0.516. The average Bonchev–Trinajstić information content (AvgIpc) is 2.53. The van der Waals surface area contributed by atoms with E-state index >= 15 is 0 Å². The van der Waals surface area contributed by atoms with Crippen LogP contribution >= 0.6 is 11.8 Å². The molecule has 1 fully saturated rings. The van der Waals surface area contributed by atoms with Gasteiger partial charge in [0.1, 0.15) is 0 Å². The van der Waals surface area contributed by atoms with E-state index in [1.165, 1.54) is 38.5 Å². The van der Waals surface area contributed by atoms with E-state index in [1.807, 2.05) is 11.8 Å². The van der Waals surface area contributed by atoms with Crippen LogP contribution in [0.4, 0.5) is 0 Å². The van der Waals surface area contributed by atoms with Crippen molar-refractivity contribution < 1.29 is 0 Å². The summed E-state index contributed by atoms with van der Waals surface area (Å²) in [6.45, 7) is 2.27. The Kier molecular flexibility index (Phi) is 5.08. The van der Waals surface area contributed by atoms with Crippen LogP contribution in [0.25, 0.3) is 0 Å². The van der Waals surface area contributed by atoms with E-state index < -0.39 is 0 Å². The minimum absolute atomic E-state index is 0.747. The third kappa shape index (κ3) is 3.36. The Labute approximate surface area is 80.7 Å². The van der Waals surface area contributed by atoms with Crippen LogP contribution in [-0.4, -0.2) is 17.7 Å². The quantitative estimate of drug-likeness (QED) is 0.664. The second kappa shape index (κ2) is 5.87. The molecule has 72 valence electrons. The SMILES string of the molecule is CCCCCC1CCC(SC)N1. The second-order valence-corrected chi connectivity index (χ2v) is 4.70. The summed E-state index contributed by atoms with van der Waals surface area (Å²) in [4.78, 5) is 0. The fourth-order valence-electron chi connectivity index (χ4n) is 1.84. The Bertz CT molecular complexity index is 116. The van der Waals surface area contributed by atoms with E-state index in [9.17, 15) is 0 Å². The molecule has 1 saturated heterocycles. The van der Waals surface area contributed by atoms with Gasteiger partial charge in [-0.2, -0.15) is 0 Å². The van der Waals surface area contributed by atoms with Crippen LogP contribution in [0.5, 0.6) is 0 Å². The summed E-state index contributed by atoms with van der Waals surface area (Å²) >= 11 is 1.96. The zero-order valence-corrected chi connectivity index (χ0v) is 9.12. The van der Waals surface area contributed by atoms with Crippen molar-refractivity contribution in [2.24, 2.45) is 0 Å². The van der Waals surface area contributed by atoms with E-state index in [0.717, 1.165) is 11.4 Å². The Hall–Kier alpha value is 0.310. The fraction of sp³-hybridized carbons (Fsp3) is 1.00. The molecule has 12 heavy (non-hydrogen) atoms. The molecule has 1 aliphatic rings. The zero-order valence-electron chi connectivity index (χ0n) is 8.31. The van der Waals surface area contributed by atoms with Gasteiger partial charge < -0.3 is 5.32 Å². The van der Waals surface area contributed by atoms with E-state index in [0.29, 0.717) is 0 Å². The van der Waals surface area contributed by atoms with Crippen LogP contribution in [-0.2, 0) is 0 Å². The maximum atomic E-state index is 3.66. The smallest absolute Gasteiger partial charge is 0.0532 e. The average molecular weight is 187 g/mol. The van der Waals surface area contributed by atoms with Gasteiger partial charge in [0.2, 0.25) is 0 Å². The van der Waals surface area contributed by atoms with Gasteiger partial charge in [-0.25, -0.2) is 0 Å². The molecule has 0 radical (unpaired) electrons. The third-order valence-electron chi connectivity index (χ3n) is 2.64. The maximum absolute atomic E-state index is 3.66. The van der Waals surface area contributed by atoms with Crippen LogP contribution in [0, 0.1) is 0 Å². The first kappa shape index (κ1) is 10.4. The molecule has 2 atom stereocenters. The van der Waals surface area contributed by atoms with Gasteiger partial charge >= 0.3 is 0 Å². The van der Waals surface area contributed by atoms with Crippen molar-refractivity contribution in [3.8, 4) is 0 Å². The van der Waals surface area contributed by atoms with Gasteiger partial charge in [-0.05, 0) is 25.5 Å². The largest absolute Gasteiger partial charge is 0.303 e. The zero-order chi connectivity index (χ0) is 8.81. The topological polar surface area (TPSA) is 12.0 Å². The number of hydrogen-bond acceptors (Lipinski definition) is 2. The number of thioether (sulfide) groups is 1. The molecule has 1 nitrogen and oxygen atoms in total. The fourth-order valence-corrected chi connectivity index (χ4v) is 2.54. The molecule has 1 N–H and O–H groups in total. The van der Waals surface area contributed by atoms with Crippen molar-refractivity contribution in [3.05, 3.63) is 0 Å². The highest BCUT2D eigenvalue weighted by atomic mass is 32.2. The summed E-state index contributed by atoms with van der Waals surface area (Å²) in [5.41, 5.74) is 0. The number of rotatable bonds is 5. The molecule has 0 aromatic carbocycles. The molecule has 1 aliphatic heterocycles. The van der Waals surface area contributed by atoms with Crippen LogP contribution in [0.3, 0.4) is 0 Å². The Balaban J connectivity index is 2.03. The maximum Gasteiger partial charge on any atom is 0.0532 e. The highest BCUT2D eigenvalue weighted by molar-refractivity contribution is 7.99. The molecule has 0 aromatic heterocycles. The number of unbranched alkanes of at least 4 members (excludes halogenated alkanes) is 2. The second-order valence-electron chi connectivity index (χ2n) is 3.66. The van der Waals surface area contributed by atoms with E-state index in [-0.39, 0.29) is 0 Å². The van der Waals surface area contributed by atoms with Gasteiger partial charge in [0, 0.05) is 6.04 Å². The summed E-state index contributed by atoms with van der Waals surface area (Å²) in [5.74, 6) is 0. The molecule has 1 rings (SSSR count). The molecule has 0 bridgehead atoms.